The van der Waals surface area contributed by atoms with Crippen LogP contribution in [0.2, 0.25) is 0 Å². The first-order chi connectivity index (χ1) is 21.7. The van der Waals surface area contributed by atoms with Crippen molar-refractivity contribution in [3.63, 3.8) is 0 Å². The highest BCUT2D eigenvalue weighted by Gasteiger charge is 2.36. The summed E-state index contributed by atoms with van der Waals surface area (Å²) in [5.41, 5.74) is 4.23. The number of rotatable bonds is 7. The summed E-state index contributed by atoms with van der Waals surface area (Å²) < 4.78 is 1.05. The molecular weight excluding hydrogens is 630 g/mol. The van der Waals surface area contributed by atoms with Crippen LogP contribution in [-0.2, 0) is 22.6 Å². The lowest BCUT2D eigenvalue weighted by molar-refractivity contribution is -0.143. The third kappa shape index (κ3) is 7.57. The van der Waals surface area contributed by atoms with Gasteiger partial charge in [0, 0.05) is 55.3 Å². The lowest BCUT2D eigenvalue weighted by atomic mass is 9.78. The summed E-state index contributed by atoms with van der Waals surface area (Å²) in [6.07, 6.45) is 6.96. The molecule has 1 N–H and O–H groups in total. The van der Waals surface area contributed by atoms with Crippen LogP contribution in [0.25, 0.3) is 0 Å². The van der Waals surface area contributed by atoms with Crippen molar-refractivity contribution in [3.05, 3.63) is 63.6 Å². The SMILES string of the molecule is Cc1cc(CC(CC(=O)N2CCC(N3Cc4ccccc4NC3=O)CC2)C(=O)N2CCC(C3CCN(C)CC3)CC2)ccc1Br. The highest BCUT2D eigenvalue weighted by Crippen LogP contribution is 2.34. The Labute approximate surface area is 276 Å². The third-order valence-corrected chi connectivity index (χ3v) is 11.8. The number of nitrogens with one attached hydrogen (secondary N) is 1. The Morgan fingerprint density at radius 1 is 0.889 bits per heavy atom. The summed E-state index contributed by atoms with van der Waals surface area (Å²) in [6, 6.07) is 14.2. The molecule has 2 aromatic carbocycles. The molecule has 2 aromatic rings. The summed E-state index contributed by atoms with van der Waals surface area (Å²) in [5.74, 6) is 1.28. The minimum Gasteiger partial charge on any atom is -0.343 e. The van der Waals surface area contributed by atoms with Gasteiger partial charge in [-0.2, -0.15) is 0 Å². The molecule has 0 saturated carbocycles. The summed E-state index contributed by atoms with van der Waals surface area (Å²) in [6.45, 7) is 7.82. The van der Waals surface area contributed by atoms with Crippen LogP contribution in [0.4, 0.5) is 10.5 Å². The number of amides is 4. The highest BCUT2D eigenvalue weighted by atomic mass is 79.9. The fourth-order valence-corrected chi connectivity index (χ4v) is 8.25. The zero-order valence-corrected chi connectivity index (χ0v) is 28.4. The normalized spacial score (nSPS) is 21.4. The summed E-state index contributed by atoms with van der Waals surface area (Å²) in [7, 11) is 2.21. The van der Waals surface area contributed by atoms with Gasteiger partial charge in [0.1, 0.15) is 0 Å². The van der Waals surface area contributed by atoms with Gasteiger partial charge in [0.05, 0.1) is 5.92 Å². The average molecular weight is 679 g/mol. The van der Waals surface area contributed by atoms with Crippen LogP contribution in [0.3, 0.4) is 0 Å². The highest BCUT2D eigenvalue weighted by molar-refractivity contribution is 9.10. The maximum Gasteiger partial charge on any atom is 0.322 e. The number of hydrogen-bond donors (Lipinski definition) is 1. The number of carbonyl (C=O) groups excluding carboxylic acids is 3. The van der Waals surface area contributed by atoms with Gasteiger partial charge in [-0.15, -0.1) is 0 Å². The van der Waals surface area contributed by atoms with E-state index in [-0.39, 0.29) is 36.2 Å². The first kappa shape index (κ1) is 32.0. The molecule has 45 heavy (non-hydrogen) atoms. The first-order valence-electron chi connectivity index (χ1n) is 16.9. The van der Waals surface area contributed by atoms with E-state index in [1.165, 1.54) is 25.9 Å². The first-order valence-corrected chi connectivity index (χ1v) is 17.7. The average Bonchev–Trinajstić information content (AvgIpc) is 3.06. The van der Waals surface area contributed by atoms with Gasteiger partial charge in [-0.3, -0.25) is 9.59 Å². The number of fused-ring (bicyclic) bond motifs is 1. The van der Waals surface area contributed by atoms with Gasteiger partial charge < -0.3 is 24.9 Å². The van der Waals surface area contributed by atoms with Crippen LogP contribution in [0.1, 0.15) is 61.6 Å². The fraction of sp³-hybridized carbons (Fsp3) is 0.583. The molecule has 0 aliphatic carbocycles. The minimum atomic E-state index is -0.375. The molecule has 4 aliphatic rings. The maximum absolute atomic E-state index is 14.1. The molecule has 242 valence electrons. The molecule has 3 saturated heterocycles. The summed E-state index contributed by atoms with van der Waals surface area (Å²) >= 11 is 3.60. The zero-order chi connectivity index (χ0) is 31.5. The Hall–Kier alpha value is -2.91. The molecule has 0 spiro atoms. The van der Waals surface area contributed by atoms with E-state index >= 15 is 0 Å². The van der Waals surface area contributed by atoms with E-state index in [0.717, 1.165) is 71.5 Å². The lowest BCUT2D eigenvalue weighted by Gasteiger charge is -2.41. The van der Waals surface area contributed by atoms with E-state index < -0.39 is 0 Å². The number of benzene rings is 2. The summed E-state index contributed by atoms with van der Waals surface area (Å²) in [4.78, 5) is 49.0. The van der Waals surface area contributed by atoms with Gasteiger partial charge in [-0.1, -0.05) is 46.3 Å². The predicted molar refractivity (Wildman–Crippen MR) is 181 cm³/mol. The zero-order valence-electron chi connectivity index (χ0n) is 26.8. The van der Waals surface area contributed by atoms with Gasteiger partial charge in [0.25, 0.3) is 0 Å². The topological polar surface area (TPSA) is 76.2 Å². The smallest absolute Gasteiger partial charge is 0.322 e. The Bertz CT molecular complexity index is 1380. The van der Waals surface area contributed by atoms with Crippen molar-refractivity contribution in [1.82, 2.24) is 19.6 Å². The number of anilines is 1. The molecule has 4 aliphatic heterocycles. The second kappa shape index (κ2) is 14.2. The molecule has 3 fully saturated rings. The molecule has 8 nitrogen and oxygen atoms in total. The van der Waals surface area contributed by atoms with E-state index in [2.05, 4.69) is 58.3 Å². The lowest BCUT2D eigenvalue weighted by Crippen LogP contribution is -2.51. The van der Waals surface area contributed by atoms with Gasteiger partial charge in [-0.25, -0.2) is 4.79 Å². The Morgan fingerprint density at radius 3 is 2.22 bits per heavy atom. The number of hydrogen-bond acceptors (Lipinski definition) is 4. The van der Waals surface area contributed by atoms with Crippen molar-refractivity contribution >= 4 is 39.5 Å². The number of aryl methyl sites for hydroxylation is 1. The van der Waals surface area contributed by atoms with Crippen molar-refractivity contribution < 1.29 is 14.4 Å². The summed E-state index contributed by atoms with van der Waals surface area (Å²) in [5, 5.41) is 3.02. The van der Waals surface area contributed by atoms with Crippen LogP contribution in [0.15, 0.2) is 46.9 Å². The van der Waals surface area contributed by atoms with Crippen LogP contribution in [0.5, 0.6) is 0 Å². The van der Waals surface area contributed by atoms with Crippen LogP contribution < -0.4 is 5.32 Å². The number of piperidine rings is 3. The van der Waals surface area contributed by atoms with E-state index in [1.807, 2.05) is 39.0 Å². The molecular formula is C36H48BrN5O3. The van der Waals surface area contributed by atoms with Crippen molar-refractivity contribution in [3.8, 4) is 0 Å². The molecule has 1 unspecified atom stereocenters. The quantitative estimate of drug-likeness (QED) is 0.395. The Kier molecular flexibility index (Phi) is 10.1. The van der Waals surface area contributed by atoms with E-state index in [0.29, 0.717) is 32.0 Å². The van der Waals surface area contributed by atoms with Gasteiger partial charge >= 0.3 is 6.03 Å². The number of carbonyl (C=O) groups is 3. The van der Waals surface area contributed by atoms with Crippen molar-refractivity contribution in [2.75, 3.05) is 51.6 Å². The van der Waals surface area contributed by atoms with E-state index in [1.54, 1.807) is 0 Å². The Morgan fingerprint density at radius 2 is 1.53 bits per heavy atom. The number of nitrogens with zero attached hydrogens (tertiary/aromatic N) is 4. The second-order valence-electron chi connectivity index (χ2n) is 13.8. The molecule has 6 rings (SSSR count). The van der Waals surface area contributed by atoms with E-state index in [9.17, 15) is 14.4 Å². The van der Waals surface area contributed by atoms with Crippen molar-refractivity contribution in [1.29, 1.82) is 0 Å². The number of halogens is 1. The maximum atomic E-state index is 14.1. The van der Waals surface area contributed by atoms with Crippen LogP contribution >= 0.6 is 15.9 Å². The third-order valence-electron chi connectivity index (χ3n) is 10.9. The van der Waals surface area contributed by atoms with Gasteiger partial charge in [-0.05, 0) is 113 Å². The molecule has 4 heterocycles. The number of likely N-dealkylation sites (tertiary alicyclic amines) is 3. The standard InChI is InChI=1S/C36H48BrN5O3/c1-25-21-26(7-8-32(25)37)22-30(35(44)41-17-11-28(12-18-41)27-9-15-39(2)16-10-27)23-34(43)40-19-13-31(14-20-40)42-24-29-5-3-4-6-33(29)38-36(42)45/h3-8,21,27-28,30-31H,9-20,22-24H2,1-2H3,(H,38,45). The molecule has 4 amide bonds. The largest absolute Gasteiger partial charge is 0.343 e. The molecule has 0 radical (unpaired) electrons. The molecule has 9 heteroatoms. The molecule has 0 bridgehead atoms. The van der Waals surface area contributed by atoms with Gasteiger partial charge in [0.15, 0.2) is 0 Å². The molecule has 1 atom stereocenters. The minimum absolute atomic E-state index is 0.0512. The monoisotopic (exact) mass is 677 g/mol. The van der Waals surface area contributed by atoms with Crippen molar-refractivity contribution in [2.45, 2.75) is 70.9 Å². The molecule has 0 aromatic heterocycles. The van der Waals surface area contributed by atoms with Crippen LogP contribution in [-0.4, -0.2) is 89.8 Å². The predicted octanol–water partition coefficient (Wildman–Crippen LogP) is 5.93. The second-order valence-corrected chi connectivity index (χ2v) is 14.7. The van der Waals surface area contributed by atoms with Gasteiger partial charge in [0.2, 0.25) is 11.8 Å². The Balaban J connectivity index is 1.07. The number of para-hydroxylation sites is 1. The van der Waals surface area contributed by atoms with E-state index in [4.69, 9.17) is 0 Å². The van der Waals surface area contributed by atoms with Crippen molar-refractivity contribution in [2.24, 2.45) is 17.8 Å². The van der Waals surface area contributed by atoms with Crippen LogP contribution in [0, 0.1) is 24.7 Å². The number of urea groups is 1. The fourth-order valence-electron chi connectivity index (χ4n) is 8.00.